The van der Waals surface area contributed by atoms with E-state index in [1.54, 1.807) is 7.11 Å². The van der Waals surface area contributed by atoms with Gasteiger partial charge >= 0.3 is 0 Å². The van der Waals surface area contributed by atoms with E-state index in [1.165, 1.54) is 0 Å². The third-order valence-corrected chi connectivity index (χ3v) is 8.34. The number of pyridine rings is 1. The molecule has 0 radical (unpaired) electrons. The first-order valence-corrected chi connectivity index (χ1v) is 14.3. The number of benzene rings is 3. The zero-order valence-electron chi connectivity index (χ0n) is 23.9. The van der Waals surface area contributed by atoms with Crippen molar-refractivity contribution in [2.24, 2.45) is 0 Å². The zero-order chi connectivity index (χ0) is 28.3. The van der Waals surface area contributed by atoms with E-state index in [0.717, 1.165) is 64.6 Å². The highest BCUT2D eigenvalue weighted by Gasteiger charge is 2.33. The Morgan fingerprint density at radius 3 is 2.34 bits per heavy atom. The Morgan fingerprint density at radius 1 is 0.951 bits per heavy atom. The molecule has 0 spiro atoms. The fraction of sp³-hybridized carbons (Fsp3) is 0.333. The van der Waals surface area contributed by atoms with E-state index in [1.807, 2.05) is 41.9 Å². The number of tetrazole rings is 1. The van der Waals surface area contributed by atoms with Gasteiger partial charge in [0.15, 0.2) is 5.82 Å². The molecule has 1 saturated carbocycles. The van der Waals surface area contributed by atoms with E-state index in [0.29, 0.717) is 24.5 Å². The van der Waals surface area contributed by atoms with Crippen LogP contribution < -0.4 is 10.3 Å². The summed E-state index contributed by atoms with van der Waals surface area (Å²) in [6, 6.07) is 24.4. The summed E-state index contributed by atoms with van der Waals surface area (Å²) in [6.07, 6.45) is 4.38. The maximum absolute atomic E-state index is 14.0. The molecular formula is C33H36N6O2. The van der Waals surface area contributed by atoms with Gasteiger partial charge in [-0.25, -0.2) is 4.68 Å². The number of H-pyrrole nitrogens is 1. The van der Waals surface area contributed by atoms with Crippen molar-refractivity contribution in [1.29, 1.82) is 0 Å². The molecule has 0 bridgehead atoms. The smallest absolute Gasteiger partial charge is 0.253 e. The second kappa shape index (κ2) is 11.7. The molecule has 6 rings (SSSR count). The molecule has 1 fully saturated rings. The van der Waals surface area contributed by atoms with E-state index in [2.05, 4.69) is 74.8 Å². The predicted molar refractivity (Wildman–Crippen MR) is 160 cm³/mol. The van der Waals surface area contributed by atoms with Gasteiger partial charge in [-0.15, -0.1) is 5.10 Å². The Morgan fingerprint density at radius 2 is 1.63 bits per heavy atom. The van der Waals surface area contributed by atoms with Crippen LogP contribution in [0.3, 0.4) is 0 Å². The molecule has 3 aromatic carbocycles. The van der Waals surface area contributed by atoms with Gasteiger partial charge in [0.2, 0.25) is 0 Å². The van der Waals surface area contributed by atoms with Gasteiger partial charge in [0.05, 0.1) is 18.7 Å². The molecule has 1 N–H and O–H groups in total. The maximum atomic E-state index is 14.0. The van der Waals surface area contributed by atoms with Crippen LogP contribution in [0.1, 0.15) is 71.4 Å². The number of nitrogens with zero attached hydrogens (tertiary/aromatic N) is 5. The summed E-state index contributed by atoms with van der Waals surface area (Å²) in [5.74, 6) is 1.51. The lowest BCUT2D eigenvalue weighted by molar-refractivity contribution is 0.190. The Bertz CT molecular complexity index is 1690. The molecule has 2 heterocycles. The lowest BCUT2D eigenvalue weighted by atomic mass is 9.98. The first-order valence-electron chi connectivity index (χ1n) is 14.3. The summed E-state index contributed by atoms with van der Waals surface area (Å²) >= 11 is 0. The average molecular weight is 549 g/mol. The molecule has 1 aliphatic carbocycles. The molecule has 1 unspecified atom stereocenters. The number of aromatic nitrogens is 5. The number of rotatable bonds is 9. The van der Waals surface area contributed by atoms with Gasteiger partial charge in [0.1, 0.15) is 11.8 Å². The van der Waals surface area contributed by atoms with Crippen LogP contribution in [0.2, 0.25) is 0 Å². The summed E-state index contributed by atoms with van der Waals surface area (Å²) < 4.78 is 7.39. The number of nitrogens with one attached hydrogen (secondary N) is 1. The van der Waals surface area contributed by atoms with Crippen LogP contribution in [-0.2, 0) is 13.1 Å². The lowest BCUT2D eigenvalue weighted by Gasteiger charge is -2.32. The highest BCUT2D eigenvalue weighted by atomic mass is 16.5. The number of hydrogen-bond donors (Lipinski definition) is 1. The van der Waals surface area contributed by atoms with Crippen molar-refractivity contribution < 1.29 is 4.74 Å². The number of aromatic amines is 1. The Balaban J connectivity index is 1.55. The molecule has 8 heteroatoms. The molecule has 1 aliphatic rings. The average Bonchev–Trinajstić information content (AvgIpc) is 3.69. The fourth-order valence-electron chi connectivity index (χ4n) is 6.10. The summed E-state index contributed by atoms with van der Waals surface area (Å²) in [5, 5.41) is 14.3. The fourth-order valence-corrected chi connectivity index (χ4v) is 6.10. The molecular weight excluding hydrogens is 512 g/mol. The Hall–Kier alpha value is -4.30. The summed E-state index contributed by atoms with van der Waals surface area (Å²) in [5.41, 5.74) is 5.81. The van der Waals surface area contributed by atoms with Gasteiger partial charge in [0.25, 0.3) is 5.56 Å². The molecule has 0 aliphatic heterocycles. The SMILES string of the molecule is COc1ccc(CN(Cc2ccccc2)C(c2cc3c(C)ccc(C)c3[nH]c2=O)c2nnnn2C2CCCC2)cc1. The molecule has 5 aromatic rings. The standard InChI is InChI=1S/C33H36N6O2/c1-22-13-14-23(2)30-28(22)19-29(33(40)34-30)31(32-35-36-37-39(32)26-11-7-8-12-26)38(20-24-9-5-4-6-10-24)21-25-15-17-27(41-3)18-16-25/h4-6,9-10,13-19,26,31H,7-8,11-12,20-21H2,1-3H3,(H,34,40). The second-order valence-corrected chi connectivity index (χ2v) is 11.1. The van der Waals surface area contributed by atoms with Crippen molar-refractivity contribution >= 4 is 10.9 Å². The highest BCUT2D eigenvalue weighted by Crippen LogP contribution is 2.35. The number of methoxy groups -OCH3 is 1. The van der Waals surface area contributed by atoms with Crippen molar-refractivity contribution in [2.75, 3.05) is 7.11 Å². The molecule has 41 heavy (non-hydrogen) atoms. The summed E-state index contributed by atoms with van der Waals surface area (Å²) in [7, 11) is 1.67. The van der Waals surface area contributed by atoms with Crippen LogP contribution >= 0.6 is 0 Å². The first kappa shape index (κ1) is 26.9. The predicted octanol–water partition coefficient (Wildman–Crippen LogP) is 6.05. The maximum Gasteiger partial charge on any atom is 0.253 e. The number of fused-ring (bicyclic) bond motifs is 1. The monoisotopic (exact) mass is 548 g/mol. The van der Waals surface area contributed by atoms with E-state index in [9.17, 15) is 4.79 Å². The van der Waals surface area contributed by atoms with Crippen molar-refractivity contribution in [3.8, 4) is 5.75 Å². The van der Waals surface area contributed by atoms with Crippen LogP contribution in [0.5, 0.6) is 5.75 Å². The highest BCUT2D eigenvalue weighted by molar-refractivity contribution is 5.85. The van der Waals surface area contributed by atoms with Crippen molar-refractivity contribution in [2.45, 2.75) is 64.7 Å². The third kappa shape index (κ3) is 5.52. The van der Waals surface area contributed by atoms with Gasteiger partial charge in [-0.05, 0) is 77.6 Å². The zero-order valence-corrected chi connectivity index (χ0v) is 23.9. The van der Waals surface area contributed by atoms with Crippen LogP contribution in [-0.4, -0.2) is 37.2 Å². The van der Waals surface area contributed by atoms with Gasteiger partial charge in [0, 0.05) is 24.0 Å². The van der Waals surface area contributed by atoms with Crippen molar-refractivity contribution in [3.63, 3.8) is 0 Å². The van der Waals surface area contributed by atoms with E-state index < -0.39 is 6.04 Å². The normalized spacial score (nSPS) is 14.6. The van der Waals surface area contributed by atoms with E-state index >= 15 is 0 Å². The molecule has 210 valence electrons. The van der Waals surface area contributed by atoms with E-state index in [4.69, 9.17) is 4.74 Å². The minimum Gasteiger partial charge on any atom is -0.497 e. The molecule has 2 aromatic heterocycles. The summed E-state index contributed by atoms with van der Waals surface area (Å²) in [6.45, 7) is 5.31. The number of ether oxygens (including phenoxy) is 1. The van der Waals surface area contributed by atoms with Crippen LogP contribution in [0.4, 0.5) is 0 Å². The minimum atomic E-state index is -0.471. The Labute approximate surface area is 240 Å². The van der Waals surface area contributed by atoms with Gasteiger partial charge in [-0.1, -0.05) is 67.4 Å². The number of aryl methyl sites for hydroxylation is 2. The molecule has 0 saturated heterocycles. The molecule has 0 amide bonds. The van der Waals surface area contributed by atoms with Crippen molar-refractivity contribution in [3.05, 3.63) is 117 Å². The van der Waals surface area contributed by atoms with Crippen molar-refractivity contribution in [1.82, 2.24) is 30.1 Å². The van der Waals surface area contributed by atoms with Gasteiger partial charge in [-0.2, -0.15) is 0 Å². The third-order valence-electron chi connectivity index (χ3n) is 8.34. The lowest BCUT2D eigenvalue weighted by Crippen LogP contribution is -2.35. The second-order valence-electron chi connectivity index (χ2n) is 11.1. The van der Waals surface area contributed by atoms with Crippen LogP contribution in [0.25, 0.3) is 10.9 Å². The molecule has 8 nitrogen and oxygen atoms in total. The quantitative estimate of drug-likeness (QED) is 0.241. The van der Waals surface area contributed by atoms with Crippen LogP contribution in [0, 0.1) is 13.8 Å². The van der Waals surface area contributed by atoms with Gasteiger partial charge in [-0.3, -0.25) is 9.69 Å². The molecule has 1 atom stereocenters. The first-order chi connectivity index (χ1) is 20.0. The summed E-state index contributed by atoms with van der Waals surface area (Å²) in [4.78, 5) is 19.5. The van der Waals surface area contributed by atoms with Crippen LogP contribution in [0.15, 0.2) is 77.6 Å². The minimum absolute atomic E-state index is 0.120. The number of hydrogen-bond acceptors (Lipinski definition) is 6. The largest absolute Gasteiger partial charge is 0.497 e. The van der Waals surface area contributed by atoms with Gasteiger partial charge < -0.3 is 9.72 Å². The van der Waals surface area contributed by atoms with E-state index in [-0.39, 0.29) is 11.6 Å². The Kier molecular flexibility index (Phi) is 7.65. The topological polar surface area (TPSA) is 88.9 Å².